The molecule has 0 aromatic rings. The van der Waals surface area contributed by atoms with E-state index in [0.717, 1.165) is 18.9 Å². The zero-order valence-corrected chi connectivity index (χ0v) is 9.38. The molecular weight excluding hydrogens is 172 g/mol. The second-order valence-corrected chi connectivity index (χ2v) is 5.16. The zero-order valence-electron chi connectivity index (χ0n) is 9.38. The number of nitrogens with zero attached hydrogens (tertiary/aromatic N) is 2. The number of amidine groups is 1. The van der Waals surface area contributed by atoms with Crippen molar-refractivity contribution in [2.45, 2.75) is 33.6 Å². The first kappa shape index (κ1) is 9.54. The van der Waals surface area contributed by atoms with Gasteiger partial charge in [0, 0.05) is 5.57 Å². The van der Waals surface area contributed by atoms with Crippen LogP contribution in [0.25, 0.3) is 0 Å². The Morgan fingerprint density at radius 2 is 1.93 bits per heavy atom. The normalized spacial score (nSPS) is 24.9. The van der Waals surface area contributed by atoms with Crippen molar-refractivity contribution >= 4 is 12.1 Å². The average molecular weight is 191 g/mol. The molecule has 0 atom stereocenters. The van der Waals surface area contributed by atoms with E-state index in [1.165, 1.54) is 18.4 Å². The Bertz CT molecular complexity index is 320. The molecule has 0 aliphatic carbocycles. The van der Waals surface area contributed by atoms with E-state index in [9.17, 15) is 0 Å². The van der Waals surface area contributed by atoms with Gasteiger partial charge in [0.05, 0.1) is 19.2 Å². The fraction of sp³-hybridized carbons (Fsp3) is 0.667. The molecule has 2 heterocycles. The van der Waals surface area contributed by atoms with Crippen molar-refractivity contribution in [1.29, 1.82) is 0 Å². The maximum absolute atomic E-state index is 4.41. The Hall–Kier alpha value is -1.01. The van der Waals surface area contributed by atoms with Crippen LogP contribution in [-0.2, 0) is 0 Å². The lowest BCUT2D eigenvalue weighted by molar-refractivity contribution is 0.189. The maximum Gasteiger partial charge on any atom is 0.370 e. The summed E-state index contributed by atoms with van der Waals surface area (Å²) in [6, 6.07) is 0. The summed E-state index contributed by atoms with van der Waals surface area (Å²) in [7, 11) is 0. The van der Waals surface area contributed by atoms with Gasteiger partial charge in [-0.15, -0.1) is 0 Å². The van der Waals surface area contributed by atoms with Crippen molar-refractivity contribution in [3.63, 3.8) is 0 Å². The van der Waals surface area contributed by atoms with Crippen LogP contribution in [0.3, 0.4) is 0 Å². The third kappa shape index (κ3) is 1.91. The van der Waals surface area contributed by atoms with E-state index in [1.54, 1.807) is 0 Å². The van der Waals surface area contributed by atoms with Gasteiger partial charge in [0.15, 0.2) is 6.21 Å². The van der Waals surface area contributed by atoms with Crippen molar-refractivity contribution in [2.75, 3.05) is 13.1 Å². The predicted octanol–water partition coefficient (Wildman–Crippen LogP) is 1.60. The van der Waals surface area contributed by atoms with Gasteiger partial charge in [-0.25, -0.2) is 9.57 Å². The van der Waals surface area contributed by atoms with E-state index >= 15 is 0 Å². The highest BCUT2D eigenvalue weighted by Gasteiger charge is 2.32. The summed E-state index contributed by atoms with van der Waals surface area (Å²) in [5.41, 5.74) is 1.79. The molecule has 0 unspecified atom stereocenters. The van der Waals surface area contributed by atoms with Crippen molar-refractivity contribution in [1.82, 2.24) is 9.57 Å². The molecule has 2 aliphatic rings. The number of hydrogen-bond acceptors (Lipinski definition) is 1. The van der Waals surface area contributed by atoms with Crippen molar-refractivity contribution < 1.29 is 0 Å². The third-order valence-corrected chi connectivity index (χ3v) is 3.20. The monoisotopic (exact) mass is 191 g/mol. The van der Waals surface area contributed by atoms with Gasteiger partial charge in [-0.1, -0.05) is 13.8 Å². The van der Waals surface area contributed by atoms with E-state index in [0.29, 0.717) is 5.41 Å². The molecule has 0 N–H and O–H groups in total. The molecule has 0 bridgehead atoms. The van der Waals surface area contributed by atoms with Crippen LogP contribution in [0.1, 0.15) is 33.6 Å². The average Bonchev–Trinajstić information content (AvgIpc) is 2.52. The molecule has 76 valence electrons. The maximum atomic E-state index is 4.41. The van der Waals surface area contributed by atoms with Crippen LogP contribution in [-0.4, -0.2) is 30.0 Å². The van der Waals surface area contributed by atoms with Gasteiger partial charge in [0.1, 0.15) is 0 Å². The van der Waals surface area contributed by atoms with E-state index in [1.807, 2.05) is 6.21 Å². The predicted molar refractivity (Wildman–Crippen MR) is 61.6 cm³/mol. The lowest BCUT2D eigenvalue weighted by atomic mass is 9.82. The van der Waals surface area contributed by atoms with E-state index in [4.69, 9.17) is 0 Å². The van der Waals surface area contributed by atoms with Crippen LogP contribution in [0.5, 0.6) is 0 Å². The molecule has 2 rings (SSSR count). The standard InChI is InChI=1S/C12H19N2/c1-10-8-11(13-9-10)14-6-4-12(2,3)5-7-14/h8-9H,4-7H2,1-3H3/q+1. The molecule has 0 spiro atoms. The van der Waals surface area contributed by atoms with Crippen LogP contribution in [0, 0.1) is 5.41 Å². The minimum absolute atomic E-state index is 0.526. The summed E-state index contributed by atoms with van der Waals surface area (Å²) >= 11 is 0. The Morgan fingerprint density at radius 3 is 2.43 bits per heavy atom. The van der Waals surface area contributed by atoms with Gasteiger partial charge in [0.25, 0.3) is 0 Å². The zero-order chi connectivity index (χ0) is 10.2. The molecule has 2 nitrogen and oxygen atoms in total. The summed E-state index contributed by atoms with van der Waals surface area (Å²) in [4.78, 5) is 2.40. The Labute approximate surface area is 86.1 Å². The van der Waals surface area contributed by atoms with Crippen molar-refractivity contribution in [3.8, 4) is 0 Å². The Balaban J connectivity index is 2.01. The highest BCUT2D eigenvalue weighted by Crippen LogP contribution is 2.29. The van der Waals surface area contributed by atoms with Gasteiger partial charge in [-0.2, -0.15) is 0 Å². The minimum atomic E-state index is 0.526. The van der Waals surface area contributed by atoms with Crippen LogP contribution >= 0.6 is 0 Å². The molecule has 0 radical (unpaired) electrons. The first-order valence-electron chi connectivity index (χ1n) is 5.41. The summed E-state index contributed by atoms with van der Waals surface area (Å²) in [6.07, 6.45) is 6.69. The molecule has 0 amide bonds. The van der Waals surface area contributed by atoms with Crippen LogP contribution in [0.4, 0.5) is 0 Å². The third-order valence-electron chi connectivity index (χ3n) is 3.20. The minimum Gasteiger partial charge on any atom is -0.248 e. The summed E-state index contributed by atoms with van der Waals surface area (Å²) in [6.45, 7) is 9.12. The fourth-order valence-electron chi connectivity index (χ4n) is 1.96. The lowest BCUT2D eigenvalue weighted by Crippen LogP contribution is -2.40. The number of rotatable bonds is 0. The second kappa shape index (κ2) is 3.29. The van der Waals surface area contributed by atoms with Crippen molar-refractivity contribution in [3.05, 3.63) is 11.6 Å². The quantitative estimate of drug-likeness (QED) is 0.532. The number of likely N-dealkylation sites (tertiary alicyclic amines) is 1. The number of hydrogen-bond donors (Lipinski definition) is 0. The molecule has 0 aromatic carbocycles. The number of allylic oxidation sites excluding steroid dienone is 1. The largest absolute Gasteiger partial charge is 0.370 e. The Kier molecular flexibility index (Phi) is 2.24. The topological polar surface area (TPSA) is 17.3 Å². The van der Waals surface area contributed by atoms with Crippen LogP contribution in [0.15, 0.2) is 11.6 Å². The van der Waals surface area contributed by atoms with Crippen LogP contribution in [0.2, 0.25) is 0 Å². The smallest absolute Gasteiger partial charge is 0.248 e. The summed E-state index contributed by atoms with van der Waals surface area (Å²) in [5.74, 6) is 1.16. The van der Waals surface area contributed by atoms with Gasteiger partial charge >= 0.3 is 5.84 Å². The van der Waals surface area contributed by atoms with Crippen molar-refractivity contribution in [2.24, 2.45) is 5.41 Å². The van der Waals surface area contributed by atoms with Gasteiger partial charge in [0.2, 0.25) is 0 Å². The number of piperidine rings is 1. The first-order chi connectivity index (χ1) is 6.57. The molecule has 0 saturated carbocycles. The highest BCUT2D eigenvalue weighted by atomic mass is 15.2. The van der Waals surface area contributed by atoms with E-state index < -0.39 is 0 Å². The first-order valence-corrected chi connectivity index (χ1v) is 5.41. The lowest BCUT2D eigenvalue weighted by Gasteiger charge is -2.32. The second-order valence-electron chi connectivity index (χ2n) is 5.16. The molecule has 2 aliphatic heterocycles. The molecule has 2 heteroatoms. The summed E-state index contributed by atoms with van der Waals surface area (Å²) in [5, 5.41) is 0. The SMILES string of the molecule is CC1=CC(N2CCC(C)(C)CC2)=[N+]=C1. The van der Waals surface area contributed by atoms with E-state index in [2.05, 4.69) is 36.4 Å². The van der Waals surface area contributed by atoms with Gasteiger partial charge < -0.3 is 0 Å². The summed E-state index contributed by atoms with van der Waals surface area (Å²) < 4.78 is 4.41. The van der Waals surface area contributed by atoms with Gasteiger partial charge in [-0.05, 0) is 25.2 Å². The van der Waals surface area contributed by atoms with Gasteiger partial charge in [-0.3, -0.25) is 0 Å². The molecule has 0 aromatic heterocycles. The highest BCUT2D eigenvalue weighted by molar-refractivity contribution is 6.03. The Morgan fingerprint density at radius 1 is 1.29 bits per heavy atom. The fourth-order valence-corrected chi connectivity index (χ4v) is 1.96. The van der Waals surface area contributed by atoms with E-state index in [-0.39, 0.29) is 0 Å². The molecule has 1 fully saturated rings. The molecular formula is C12H19N2+. The van der Waals surface area contributed by atoms with Crippen LogP contribution < -0.4 is 4.67 Å². The molecule has 1 saturated heterocycles. The molecule has 14 heavy (non-hydrogen) atoms.